The van der Waals surface area contributed by atoms with Crippen molar-refractivity contribution >= 4 is 15.9 Å². The minimum atomic E-state index is -3.59. The number of sulfonamides is 1. The molecule has 0 aliphatic carbocycles. The van der Waals surface area contributed by atoms with Crippen LogP contribution < -0.4 is 10.6 Å². The van der Waals surface area contributed by atoms with Gasteiger partial charge >= 0.3 is 0 Å². The molecular formula is C17H26N4O4S. The summed E-state index contributed by atoms with van der Waals surface area (Å²) in [5.41, 5.74) is 0.568. The molecule has 0 bridgehead atoms. The number of carbonyl (C=O) groups excluding carboxylic acids is 1. The molecule has 1 aromatic carbocycles. The van der Waals surface area contributed by atoms with Crippen molar-refractivity contribution in [1.29, 1.82) is 0 Å². The Bertz CT molecular complexity index is 747. The maximum absolute atomic E-state index is 13.0. The number of benzene rings is 1. The molecule has 9 heteroatoms. The van der Waals surface area contributed by atoms with E-state index < -0.39 is 22.2 Å². The van der Waals surface area contributed by atoms with Gasteiger partial charge in [0.1, 0.15) is 0 Å². The first kappa shape index (κ1) is 19.2. The molecule has 144 valence electrons. The van der Waals surface area contributed by atoms with E-state index in [0.717, 1.165) is 0 Å². The Morgan fingerprint density at radius 3 is 2.62 bits per heavy atom. The highest BCUT2D eigenvalue weighted by Gasteiger charge is 2.30. The summed E-state index contributed by atoms with van der Waals surface area (Å²) < 4.78 is 27.5. The molecule has 2 aliphatic rings. The molecule has 0 saturated carbocycles. The van der Waals surface area contributed by atoms with Crippen LogP contribution in [-0.4, -0.2) is 80.6 Å². The number of nitrogens with zero attached hydrogens (tertiary/aromatic N) is 2. The van der Waals surface area contributed by atoms with E-state index >= 15 is 0 Å². The number of aliphatic hydroxyl groups excluding tert-OH is 1. The van der Waals surface area contributed by atoms with E-state index in [1.807, 2.05) is 7.05 Å². The Kier molecular flexibility index (Phi) is 5.93. The third kappa shape index (κ3) is 4.24. The third-order valence-corrected chi connectivity index (χ3v) is 6.93. The molecule has 2 fully saturated rings. The lowest BCUT2D eigenvalue weighted by Gasteiger charge is -2.32. The van der Waals surface area contributed by atoms with Crippen LogP contribution in [0.4, 0.5) is 0 Å². The topological polar surface area (TPSA) is 102 Å². The molecule has 2 saturated heterocycles. The highest BCUT2D eigenvalue weighted by molar-refractivity contribution is 7.89. The Hall–Kier alpha value is -1.52. The number of nitrogens with one attached hydrogen (secondary N) is 2. The summed E-state index contributed by atoms with van der Waals surface area (Å²) in [6.45, 7) is 2.86. The monoisotopic (exact) mass is 382 g/mol. The largest absolute Gasteiger partial charge is 0.392 e. The molecular weight excluding hydrogens is 356 g/mol. The fourth-order valence-electron chi connectivity index (χ4n) is 3.29. The number of hydrogen-bond acceptors (Lipinski definition) is 6. The minimum absolute atomic E-state index is 0.135. The van der Waals surface area contributed by atoms with Crippen LogP contribution in [-0.2, 0) is 21.4 Å². The van der Waals surface area contributed by atoms with E-state index in [-0.39, 0.29) is 17.3 Å². The van der Waals surface area contributed by atoms with Gasteiger partial charge < -0.3 is 20.6 Å². The fourth-order valence-corrected chi connectivity index (χ4v) is 4.94. The maximum atomic E-state index is 13.0. The van der Waals surface area contributed by atoms with Crippen LogP contribution in [0.5, 0.6) is 0 Å². The van der Waals surface area contributed by atoms with Crippen LogP contribution in [0.15, 0.2) is 29.2 Å². The Balaban J connectivity index is 1.70. The van der Waals surface area contributed by atoms with Crippen molar-refractivity contribution in [3.8, 4) is 0 Å². The third-order valence-electron chi connectivity index (χ3n) is 4.93. The van der Waals surface area contributed by atoms with Crippen LogP contribution >= 0.6 is 0 Å². The zero-order valence-electron chi connectivity index (χ0n) is 14.9. The molecule has 0 radical (unpaired) electrons. The molecule has 1 aromatic rings. The van der Waals surface area contributed by atoms with E-state index in [1.165, 1.54) is 4.31 Å². The zero-order valence-corrected chi connectivity index (χ0v) is 15.7. The molecule has 3 N–H and O–H groups in total. The van der Waals surface area contributed by atoms with Gasteiger partial charge in [0.05, 0.1) is 17.0 Å². The Morgan fingerprint density at radius 2 is 1.96 bits per heavy atom. The number of hydrogen-bond donors (Lipinski definition) is 3. The van der Waals surface area contributed by atoms with E-state index in [4.69, 9.17) is 0 Å². The van der Waals surface area contributed by atoms with Gasteiger partial charge in [0.2, 0.25) is 15.9 Å². The van der Waals surface area contributed by atoms with Crippen LogP contribution in [0.2, 0.25) is 0 Å². The van der Waals surface area contributed by atoms with Gasteiger partial charge in [0.25, 0.3) is 0 Å². The zero-order chi connectivity index (χ0) is 18.7. The fraction of sp³-hybridized carbons (Fsp3) is 0.588. The molecule has 0 aromatic heterocycles. The van der Waals surface area contributed by atoms with Gasteiger partial charge in [0.15, 0.2) is 0 Å². The van der Waals surface area contributed by atoms with Gasteiger partial charge in [0, 0.05) is 39.3 Å². The molecule has 3 rings (SSSR count). The van der Waals surface area contributed by atoms with Crippen molar-refractivity contribution in [3.63, 3.8) is 0 Å². The molecule has 0 spiro atoms. The highest BCUT2D eigenvalue weighted by atomic mass is 32.2. The number of β-amino-alcohol motifs (C(OH)–C–C–N with tert-alkyl or cyclic N) is 1. The molecule has 2 heterocycles. The van der Waals surface area contributed by atoms with Crippen LogP contribution in [0.1, 0.15) is 12.0 Å². The van der Waals surface area contributed by atoms with Crippen molar-refractivity contribution in [2.75, 3.05) is 39.8 Å². The molecule has 1 amide bonds. The first-order chi connectivity index (χ1) is 12.4. The molecule has 26 heavy (non-hydrogen) atoms. The number of rotatable bonds is 5. The second-order valence-electron chi connectivity index (χ2n) is 6.88. The predicted octanol–water partition coefficient (Wildman–Crippen LogP) is -1.04. The standard InChI is InChI=1S/C17H26N4O4S/c1-20-6-8-21(9-7-20)26(24,25)16-5-3-2-4-13(16)11-19-17(23)15-10-14(22)12-18-15/h2-5,14-15,18,22H,6-12H2,1H3,(H,19,23). The van der Waals surface area contributed by atoms with Gasteiger partial charge in [-0.3, -0.25) is 4.79 Å². The lowest BCUT2D eigenvalue weighted by Crippen LogP contribution is -2.47. The number of carbonyl (C=O) groups is 1. The lowest BCUT2D eigenvalue weighted by molar-refractivity contribution is -0.123. The summed E-state index contributed by atoms with van der Waals surface area (Å²) >= 11 is 0. The number of likely N-dealkylation sites (N-methyl/N-ethyl adjacent to an activating group) is 1. The SMILES string of the molecule is CN1CCN(S(=O)(=O)c2ccccc2CNC(=O)C2CC(O)CN2)CC1. The van der Waals surface area contributed by atoms with E-state index in [0.29, 0.717) is 44.7 Å². The predicted molar refractivity (Wildman–Crippen MR) is 97.0 cm³/mol. The van der Waals surface area contributed by atoms with Crippen molar-refractivity contribution in [3.05, 3.63) is 29.8 Å². The quantitative estimate of drug-likeness (QED) is 0.601. The summed E-state index contributed by atoms with van der Waals surface area (Å²) in [6.07, 6.45) is -0.150. The summed E-state index contributed by atoms with van der Waals surface area (Å²) in [5, 5.41) is 15.2. The first-order valence-electron chi connectivity index (χ1n) is 8.83. The molecule has 2 unspecified atom stereocenters. The smallest absolute Gasteiger partial charge is 0.243 e. The van der Waals surface area contributed by atoms with Gasteiger partial charge in [-0.15, -0.1) is 0 Å². The second-order valence-corrected chi connectivity index (χ2v) is 8.79. The van der Waals surface area contributed by atoms with Crippen molar-refractivity contribution in [1.82, 2.24) is 19.8 Å². The van der Waals surface area contributed by atoms with Crippen molar-refractivity contribution < 1.29 is 18.3 Å². The molecule has 2 aliphatic heterocycles. The average molecular weight is 382 g/mol. The number of piperazine rings is 1. The molecule has 2 atom stereocenters. The molecule has 8 nitrogen and oxygen atoms in total. The van der Waals surface area contributed by atoms with Crippen LogP contribution in [0.25, 0.3) is 0 Å². The van der Waals surface area contributed by atoms with Gasteiger partial charge in [-0.05, 0) is 25.1 Å². The van der Waals surface area contributed by atoms with Gasteiger partial charge in [-0.25, -0.2) is 8.42 Å². The summed E-state index contributed by atoms with van der Waals surface area (Å²) in [6, 6.07) is 6.34. The number of amides is 1. The second kappa shape index (κ2) is 8.01. The van der Waals surface area contributed by atoms with Crippen molar-refractivity contribution in [2.45, 2.75) is 30.0 Å². The lowest BCUT2D eigenvalue weighted by atomic mass is 10.2. The highest BCUT2D eigenvalue weighted by Crippen LogP contribution is 2.21. The van der Waals surface area contributed by atoms with E-state index in [2.05, 4.69) is 15.5 Å². The summed E-state index contributed by atoms with van der Waals surface area (Å²) in [7, 11) is -1.62. The summed E-state index contributed by atoms with van der Waals surface area (Å²) in [4.78, 5) is 14.6. The van der Waals surface area contributed by atoms with Gasteiger partial charge in [-0.1, -0.05) is 18.2 Å². The normalized spacial score (nSPS) is 25.3. The van der Waals surface area contributed by atoms with Crippen LogP contribution in [0, 0.1) is 0 Å². The maximum Gasteiger partial charge on any atom is 0.243 e. The Labute approximate surface area is 154 Å². The first-order valence-corrected chi connectivity index (χ1v) is 10.3. The average Bonchev–Trinajstić information content (AvgIpc) is 3.07. The minimum Gasteiger partial charge on any atom is -0.392 e. The van der Waals surface area contributed by atoms with E-state index in [9.17, 15) is 18.3 Å². The summed E-state index contributed by atoms with van der Waals surface area (Å²) in [5.74, 6) is -0.228. The van der Waals surface area contributed by atoms with Crippen LogP contribution in [0.3, 0.4) is 0 Å². The van der Waals surface area contributed by atoms with Gasteiger partial charge in [-0.2, -0.15) is 4.31 Å². The number of aliphatic hydroxyl groups is 1. The Morgan fingerprint density at radius 1 is 1.27 bits per heavy atom. The van der Waals surface area contributed by atoms with E-state index in [1.54, 1.807) is 24.3 Å². The van der Waals surface area contributed by atoms with Crippen molar-refractivity contribution in [2.24, 2.45) is 0 Å².